The fourth-order valence-electron chi connectivity index (χ4n) is 7.09. The van der Waals surface area contributed by atoms with Crippen LogP contribution in [0.4, 0.5) is 0 Å². The summed E-state index contributed by atoms with van der Waals surface area (Å²) < 4.78 is 33.2. The first-order chi connectivity index (χ1) is 24.9. The van der Waals surface area contributed by atoms with Gasteiger partial charge in [-0.25, -0.2) is 4.67 Å². The lowest BCUT2D eigenvalue weighted by Crippen LogP contribution is -2.38. The molecule has 0 aromatic carbocycles. The van der Waals surface area contributed by atoms with Crippen LogP contribution >= 0.6 is 8.53 Å². The van der Waals surface area contributed by atoms with Crippen LogP contribution in [0, 0.1) is 0 Å². The maximum Gasteiger partial charge on any atom is 0.298 e. The number of aliphatic hydroxyl groups is 2. The molecule has 19 nitrogen and oxygen atoms in total. The van der Waals surface area contributed by atoms with Gasteiger partial charge in [-0.15, -0.1) is 10.2 Å². The maximum atomic E-state index is 13.7. The minimum atomic E-state index is -1.87. The van der Waals surface area contributed by atoms with E-state index in [1.165, 1.54) is 18.7 Å². The van der Waals surface area contributed by atoms with Gasteiger partial charge in [-0.3, -0.25) is 19.0 Å². The third kappa shape index (κ3) is 7.16. The molecule has 286 valence electrons. The van der Waals surface area contributed by atoms with E-state index in [2.05, 4.69) is 35.5 Å². The molecule has 52 heavy (non-hydrogen) atoms. The van der Waals surface area contributed by atoms with Gasteiger partial charge in [0.15, 0.2) is 23.5 Å². The Balaban J connectivity index is 1.26. The Kier molecular flexibility index (Phi) is 11.8. The number of hydrogen-bond donors (Lipinski definition) is 2. The van der Waals surface area contributed by atoms with Gasteiger partial charge < -0.3 is 28.7 Å². The van der Waals surface area contributed by atoms with Gasteiger partial charge in [0.25, 0.3) is 19.6 Å². The summed E-state index contributed by atoms with van der Waals surface area (Å²) >= 11 is 0. The number of aliphatic hydroxyl groups excluding tert-OH is 2. The zero-order chi connectivity index (χ0) is 37.4. The molecule has 2 fully saturated rings. The first-order valence-electron chi connectivity index (χ1n) is 18.0. The monoisotopic (exact) mass is 747 g/mol. The molecule has 0 saturated carbocycles. The maximum absolute atomic E-state index is 13.7. The zero-order valence-electron chi connectivity index (χ0n) is 31.0. The lowest BCUT2D eigenvalue weighted by atomic mass is 10.2. The third-order valence-electron chi connectivity index (χ3n) is 9.43. The molecule has 2 saturated heterocycles. The van der Waals surface area contributed by atoms with E-state index in [0.29, 0.717) is 46.3 Å². The van der Waals surface area contributed by atoms with Crippen molar-refractivity contribution < 1.29 is 28.7 Å². The van der Waals surface area contributed by atoms with E-state index in [9.17, 15) is 19.8 Å². The molecule has 0 spiro atoms. The second kappa shape index (κ2) is 16.0. The van der Waals surface area contributed by atoms with Gasteiger partial charge in [0.05, 0.1) is 36.8 Å². The highest BCUT2D eigenvalue weighted by Gasteiger charge is 2.46. The molecule has 6 rings (SSSR count). The number of nitrogens with zero attached hydrogens (tertiary/aromatic N) is 11. The van der Waals surface area contributed by atoms with Crippen molar-refractivity contribution in [2.24, 2.45) is 14.1 Å². The number of fused-ring (bicyclic) bond motifs is 2. The zero-order valence-corrected chi connectivity index (χ0v) is 31.9. The molecule has 2 N–H and O–H groups in total. The van der Waals surface area contributed by atoms with Gasteiger partial charge >= 0.3 is 0 Å². The van der Waals surface area contributed by atoms with Gasteiger partial charge in [0.2, 0.25) is 0 Å². The van der Waals surface area contributed by atoms with Crippen LogP contribution in [0.15, 0.2) is 9.59 Å². The Hall–Kier alpha value is -3.29. The number of aryl methyl sites for hydroxylation is 4. The van der Waals surface area contributed by atoms with Crippen molar-refractivity contribution in [1.29, 1.82) is 0 Å². The number of rotatable bonds is 15. The lowest BCUT2D eigenvalue weighted by molar-refractivity contribution is -0.0562. The highest BCUT2D eigenvalue weighted by Crippen LogP contribution is 2.52. The lowest BCUT2D eigenvalue weighted by Gasteiger charge is -2.38. The minimum Gasteiger partial charge on any atom is -0.394 e. The summed E-state index contributed by atoms with van der Waals surface area (Å²) in [5.74, 6) is 0. The van der Waals surface area contributed by atoms with Crippen LogP contribution in [0.2, 0.25) is 0 Å². The highest BCUT2D eigenvalue weighted by molar-refractivity contribution is 7.44. The van der Waals surface area contributed by atoms with Crippen molar-refractivity contribution in [3.63, 3.8) is 0 Å². The Morgan fingerprint density at radius 1 is 0.769 bits per heavy atom. The standard InChI is InChI=1S/C32H50N11O8P/c1-9-11-19-27-29(39(7)35-19)31(46)41(37-33-27)25-13-21(23(15-44)48-25)50-52(43(17(3)4)18(5)6)51-22-14-26(49-24(22)16-45)42-32(47)30-28(34-38-42)20(12-10-2)36-40(30)8/h17-18,21-26,44-45H,9-16H2,1-8H3. The average molecular weight is 748 g/mol. The van der Waals surface area contributed by atoms with Crippen LogP contribution in [-0.2, 0) is 45.5 Å². The Labute approximate surface area is 301 Å². The van der Waals surface area contributed by atoms with Crippen LogP contribution in [-0.4, -0.2) is 114 Å². The predicted molar refractivity (Wildman–Crippen MR) is 189 cm³/mol. The smallest absolute Gasteiger partial charge is 0.298 e. The summed E-state index contributed by atoms with van der Waals surface area (Å²) in [7, 11) is 1.52. The first-order valence-corrected chi connectivity index (χ1v) is 19.1. The Morgan fingerprint density at radius 3 is 1.52 bits per heavy atom. The summed E-state index contributed by atoms with van der Waals surface area (Å²) in [5, 5.41) is 46.9. The normalized spacial score (nSPS) is 24.5. The van der Waals surface area contributed by atoms with Crippen LogP contribution < -0.4 is 11.1 Å². The van der Waals surface area contributed by atoms with E-state index in [0.717, 1.165) is 12.8 Å². The average Bonchev–Trinajstić information content (AvgIpc) is 3.85. The fourth-order valence-corrected chi connectivity index (χ4v) is 9.01. The topological polar surface area (TPSA) is 212 Å². The van der Waals surface area contributed by atoms with E-state index in [1.807, 2.05) is 41.5 Å². The molecule has 0 radical (unpaired) electrons. The van der Waals surface area contributed by atoms with Gasteiger partial charge in [-0.05, 0) is 40.5 Å². The summed E-state index contributed by atoms with van der Waals surface area (Å²) in [6, 6.07) is -0.0581. The number of aromatic nitrogens is 10. The molecule has 4 aromatic heterocycles. The molecule has 2 aliphatic heterocycles. The van der Waals surface area contributed by atoms with E-state index >= 15 is 0 Å². The quantitative estimate of drug-likeness (QED) is 0.166. The summed E-state index contributed by atoms with van der Waals surface area (Å²) in [6.07, 6.45) is -1.36. The van der Waals surface area contributed by atoms with E-state index < -0.39 is 56.5 Å². The minimum absolute atomic E-state index is 0.0291. The summed E-state index contributed by atoms with van der Waals surface area (Å²) in [5.41, 5.74) is 2.17. The van der Waals surface area contributed by atoms with E-state index in [-0.39, 0.29) is 38.1 Å². The second-order valence-corrected chi connectivity index (χ2v) is 15.3. The Bertz CT molecular complexity index is 1840. The Morgan fingerprint density at radius 2 is 1.17 bits per heavy atom. The van der Waals surface area contributed by atoms with Crippen molar-refractivity contribution in [3.8, 4) is 0 Å². The first kappa shape index (κ1) is 38.4. The molecule has 0 bridgehead atoms. The van der Waals surface area contributed by atoms with Gasteiger partial charge in [-0.1, -0.05) is 37.1 Å². The number of ether oxygens (including phenoxy) is 2. The van der Waals surface area contributed by atoms with Crippen LogP contribution in [0.3, 0.4) is 0 Å². The van der Waals surface area contributed by atoms with Crippen molar-refractivity contribution >= 4 is 30.6 Å². The fraction of sp³-hybridized carbons (Fsp3) is 0.750. The molecule has 2 aliphatic rings. The van der Waals surface area contributed by atoms with E-state index in [4.69, 9.17) is 18.5 Å². The largest absolute Gasteiger partial charge is 0.394 e. The molecule has 6 heterocycles. The van der Waals surface area contributed by atoms with E-state index in [1.54, 1.807) is 14.1 Å². The molecular formula is C32H50N11O8P. The summed E-state index contributed by atoms with van der Waals surface area (Å²) in [6.45, 7) is 11.4. The van der Waals surface area contributed by atoms with Gasteiger partial charge in [0, 0.05) is 39.0 Å². The molecule has 6 atom stereocenters. The summed E-state index contributed by atoms with van der Waals surface area (Å²) in [4.78, 5) is 27.3. The predicted octanol–water partition coefficient (Wildman–Crippen LogP) is 1.64. The molecule has 6 unspecified atom stereocenters. The van der Waals surface area contributed by atoms with Crippen molar-refractivity contribution in [2.75, 3.05) is 13.2 Å². The van der Waals surface area contributed by atoms with Gasteiger partial charge in [0.1, 0.15) is 23.2 Å². The van der Waals surface area contributed by atoms with Crippen molar-refractivity contribution in [1.82, 2.24) is 54.2 Å². The molecule has 0 amide bonds. The molecule has 20 heteroatoms. The molecule has 4 aromatic rings. The van der Waals surface area contributed by atoms with Crippen molar-refractivity contribution in [3.05, 3.63) is 32.1 Å². The molecular weight excluding hydrogens is 697 g/mol. The van der Waals surface area contributed by atoms with Crippen LogP contribution in [0.5, 0.6) is 0 Å². The van der Waals surface area contributed by atoms with Crippen LogP contribution in [0.25, 0.3) is 22.1 Å². The van der Waals surface area contributed by atoms with Crippen molar-refractivity contribution in [2.45, 2.75) is 129 Å². The molecule has 0 aliphatic carbocycles. The highest BCUT2D eigenvalue weighted by atomic mass is 31.2. The number of hydrogen-bond acceptors (Lipinski definition) is 15. The third-order valence-corrected chi connectivity index (χ3v) is 11.6. The van der Waals surface area contributed by atoms with Crippen LogP contribution in [0.1, 0.15) is 91.1 Å². The van der Waals surface area contributed by atoms with Gasteiger partial charge in [-0.2, -0.15) is 19.6 Å². The SMILES string of the molecule is CCCc1nn(C)c2c(=O)n(C3CC(OP(OC4CC(n5nnc6c(CCC)nn(C)c6c5=O)OC4CO)N(C(C)C)C(C)C)C(CO)O3)nnc12. The second-order valence-electron chi connectivity index (χ2n) is 13.9.